The van der Waals surface area contributed by atoms with Crippen LogP contribution in [0.5, 0.6) is 0 Å². The van der Waals surface area contributed by atoms with Crippen molar-refractivity contribution in [2.24, 2.45) is 5.92 Å². The number of ether oxygens (including phenoxy) is 2. The fourth-order valence-corrected chi connectivity index (χ4v) is 4.57. The van der Waals surface area contributed by atoms with Gasteiger partial charge in [0, 0.05) is 39.0 Å². The molecule has 1 unspecified atom stereocenters. The molecule has 2 heterocycles. The smallest absolute Gasteiger partial charge is 0.247 e. The maximum absolute atomic E-state index is 13.4. The predicted octanol–water partition coefficient (Wildman–Crippen LogP) is 3.64. The van der Waals surface area contributed by atoms with E-state index in [1.165, 1.54) is 0 Å². The molecule has 0 radical (unpaired) electrons. The van der Waals surface area contributed by atoms with Crippen molar-refractivity contribution in [3.8, 4) is 0 Å². The van der Waals surface area contributed by atoms with Crippen LogP contribution >= 0.6 is 0 Å². The molecule has 9 heteroatoms. The number of amides is 3. The zero-order valence-electron chi connectivity index (χ0n) is 22.6. The van der Waals surface area contributed by atoms with Crippen LogP contribution in [0, 0.1) is 5.92 Å². The van der Waals surface area contributed by atoms with E-state index in [-0.39, 0.29) is 30.7 Å². The number of hydroxylamine groups is 1. The number of allylic oxidation sites excluding steroid dienone is 2. The van der Waals surface area contributed by atoms with Gasteiger partial charge in [0.2, 0.25) is 17.7 Å². The van der Waals surface area contributed by atoms with Gasteiger partial charge in [-0.2, -0.15) is 0 Å². The Morgan fingerprint density at radius 2 is 1.84 bits per heavy atom. The van der Waals surface area contributed by atoms with Gasteiger partial charge in [0.05, 0.1) is 13.2 Å². The van der Waals surface area contributed by atoms with Crippen molar-refractivity contribution in [2.75, 3.05) is 26.8 Å². The van der Waals surface area contributed by atoms with Crippen molar-refractivity contribution >= 4 is 17.7 Å². The molecule has 0 spiro atoms. The monoisotopic (exact) mass is 529 g/mol. The summed E-state index contributed by atoms with van der Waals surface area (Å²) >= 11 is 0. The first-order valence-corrected chi connectivity index (χ1v) is 13.9. The molecule has 3 atom stereocenters. The quantitative estimate of drug-likeness (QED) is 0.394. The van der Waals surface area contributed by atoms with Gasteiger partial charge in [-0.1, -0.05) is 42.5 Å². The first-order chi connectivity index (χ1) is 18.5. The Labute approximate surface area is 226 Å². The van der Waals surface area contributed by atoms with Gasteiger partial charge in [0.1, 0.15) is 6.04 Å². The van der Waals surface area contributed by atoms with Crippen molar-refractivity contribution in [1.82, 2.24) is 15.7 Å². The summed E-state index contributed by atoms with van der Waals surface area (Å²) in [6.07, 6.45) is 11.4. The van der Waals surface area contributed by atoms with E-state index in [1.807, 2.05) is 30.3 Å². The Kier molecular flexibility index (Phi) is 13.3. The third-order valence-corrected chi connectivity index (χ3v) is 6.84. The number of benzene rings is 1. The van der Waals surface area contributed by atoms with Gasteiger partial charge in [0.15, 0.2) is 6.29 Å². The first kappa shape index (κ1) is 29.8. The summed E-state index contributed by atoms with van der Waals surface area (Å²) in [7, 11) is 1.75. The zero-order chi connectivity index (χ0) is 27.0. The summed E-state index contributed by atoms with van der Waals surface area (Å²) in [4.78, 5) is 46.4. The Bertz CT molecular complexity index is 888. The van der Waals surface area contributed by atoms with Crippen LogP contribution in [-0.2, 0) is 35.3 Å². The summed E-state index contributed by atoms with van der Waals surface area (Å²) < 4.78 is 11.3. The van der Waals surface area contributed by atoms with Crippen LogP contribution in [0.2, 0.25) is 0 Å². The number of hydrogen-bond donors (Lipinski definition) is 2. The molecule has 9 nitrogen and oxygen atoms in total. The number of hydrogen-bond acceptors (Lipinski definition) is 6. The largest absolute Gasteiger partial charge is 0.374 e. The minimum atomic E-state index is -0.836. The highest BCUT2D eigenvalue weighted by Gasteiger charge is 2.29. The number of likely N-dealkylation sites (N-methyl/N-ethyl adjacent to an activating group) is 1. The molecule has 2 aliphatic rings. The summed E-state index contributed by atoms with van der Waals surface area (Å²) in [6, 6.07) is 8.85. The van der Waals surface area contributed by atoms with Gasteiger partial charge in [-0.15, -0.1) is 0 Å². The topological polar surface area (TPSA) is 106 Å². The highest BCUT2D eigenvalue weighted by molar-refractivity contribution is 5.90. The highest BCUT2D eigenvalue weighted by atomic mass is 16.8. The number of carbonyl (C=O) groups is 3. The average molecular weight is 530 g/mol. The van der Waals surface area contributed by atoms with Crippen LogP contribution < -0.4 is 10.8 Å². The highest BCUT2D eigenvalue weighted by Crippen LogP contribution is 2.17. The fourth-order valence-electron chi connectivity index (χ4n) is 4.57. The van der Waals surface area contributed by atoms with Crippen LogP contribution in [0.25, 0.3) is 0 Å². The molecule has 2 N–H and O–H groups in total. The maximum Gasteiger partial charge on any atom is 0.247 e. The standard InChI is InChI=1S/C29H43N3O6/c1-32-18-12-6-4-2-3-5-10-16-24(20-26(33)31-38-27-17-11-13-19-37-27)28(34)30-25(29(32)35)22-36-21-23-14-8-7-9-15-23/h2-3,7-9,14-15,24-25,27H,4-6,10-13,16-22H2,1H3,(H,30,34)(H,31,33)/t24-,25+,27?/m1/s1. The Morgan fingerprint density at radius 3 is 2.61 bits per heavy atom. The molecule has 0 aliphatic carbocycles. The lowest BCUT2D eigenvalue weighted by molar-refractivity contribution is -0.200. The number of rotatable bonds is 8. The normalized spacial score (nSPS) is 24.2. The molecule has 0 bridgehead atoms. The molecule has 1 fully saturated rings. The van der Waals surface area contributed by atoms with E-state index in [0.29, 0.717) is 26.2 Å². The van der Waals surface area contributed by atoms with Gasteiger partial charge >= 0.3 is 0 Å². The minimum absolute atomic E-state index is 0.0378. The fraction of sp³-hybridized carbons (Fsp3) is 0.621. The van der Waals surface area contributed by atoms with E-state index in [9.17, 15) is 14.4 Å². The lowest BCUT2D eigenvalue weighted by atomic mass is 9.96. The zero-order valence-corrected chi connectivity index (χ0v) is 22.6. The molecule has 1 aromatic rings. The number of carbonyl (C=O) groups excluding carboxylic acids is 3. The predicted molar refractivity (Wildman–Crippen MR) is 143 cm³/mol. The Balaban J connectivity index is 1.64. The Hall–Kier alpha value is -2.75. The van der Waals surface area contributed by atoms with Crippen LogP contribution in [0.4, 0.5) is 0 Å². The molecule has 0 saturated carbocycles. The second-order valence-electron chi connectivity index (χ2n) is 10.1. The van der Waals surface area contributed by atoms with Crippen molar-refractivity contribution in [2.45, 2.75) is 83.1 Å². The van der Waals surface area contributed by atoms with Gasteiger partial charge in [-0.3, -0.25) is 14.4 Å². The van der Waals surface area contributed by atoms with Gasteiger partial charge in [-0.25, -0.2) is 10.3 Å². The summed E-state index contributed by atoms with van der Waals surface area (Å²) in [6.45, 7) is 1.59. The van der Waals surface area contributed by atoms with E-state index in [1.54, 1.807) is 11.9 Å². The van der Waals surface area contributed by atoms with E-state index in [2.05, 4.69) is 22.9 Å². The molecule has 3 rings (SSSR count). The third kappa shape index (κ3) is 10.9. The summed E-state index contributed by atoms with van der Waals surface area (Å²) in [5, 5.41) is 2.90. The SMILES string of the molecule is CN1CCCCC=CCCC[C@H](CC(=O)NOC2CCCCO2)C(=O)N[C@@H](COCc2ccccc2)C1=O. The number of nitrogens with one attached hydrogen (secondary N) is 2. The van der Waals surface area contributed by atoms with Crippen molar-refractivity contribution < 1.29 is 28.7 Å². The minimum Gasteiger partial charge on any atom is -0.374 e. The lowest BCUT2D eigenvalue weighted by Crippen LogP contribution is -2.51. The second kappa shape index (κ2) is 17.0. The molecule has 3 amide bonds. The second-order valence-corrected chi connectivity index (χ2v) is 10.1. The molecular formula is C29H43N3O6. The molecular weight excluding hydrogens is 486 g/mol. The van der Waals surface area contributed by atoms with Crippen molar-refractivity contribution in [3.63, 3.8) is 0 Å². The molecule has 210 valence electrons. The van der Waals surface area contributed by atoms with Crippen molar-refractivity contribution in [1.29, 1.82) is 0 Å². The molecule has 0 aromatic heterocycles. The number of nitrogens with zero attached hydrogens (tertiary/aromatic N) is 1. The van der Waals surface area contributed by atoms with E-state index < -0.39 is 18.2 Å². The first-order valence-electron chi connectivity index (χ1n) is 13.9. The molecule has 1 saturated heterocycles. The van der Waals surface area contributed by atoms with Crippen LogP contribution in [0.3, 0.4) is 0 Å². The Morgan fingerprint density at radius 1 is 1.05 bits per heavy atom. The molecule has 1 aromatic carbocycles. The molecule has 38 heavy (non-hydrogen) atoms. The average Bonchev–Trinajstić information content (AvgIpc) is 2.94. The third-order valence-electron chi connectivity index (χ3n) is 6.84. The van der Waals surface area contributed by atoms with E-state index in [4.69, 9.17) is 14.3 Å². The van der Waals surface area contributed by atoms with Gasteiger partial charge in [-0.05, 0) is 56.9 Å². The summed E-state index contributed by atoms with van der Waals surface area (Å²) in [5.74, 6) is -1.51. The van der Waals surface area contributed by atoms with E-state index in [0.717, 1.165) is 56.9 Å². The van der Waals surface area contributed by atoms with Crippen LogP contribution in [-0.4, -0.2) is 61.8 Å². The van der Waals surface area contributed by atoms with Gasteiger partial charge in [0.25, 0.3) is 0 Å². The van der Waals surface area contributed by atoms with Crippen molar-refractivity contribution in [3.05, 3.63) is 48.0 Å². The van der Waals surface area contributed by atoms with Crippen LogP contribution in [0.15, 0.2) is 42.5 Å². The molecule has 2 aliphatic heterocycles. The van der Waals surface area contributed by atoms with Gasteiger partial charge < -0.3 is 19.7 Å². The van der Waals surface area contributed by atoms with Crippen LogP contribution in [0.1, 0.15) is 69.8 Å². The summed E-state index contributed by atoms with van der Waals surface area (Å²) in [5.41, 5.74) is 3.44. The lowest BCUT2D eigenvalue weighted by Gasteiger charge is -2.26. The maximum atomic E-state index is 13.4. The van der Waals surface area contributed by atoms with E-state index >= 15 is 0 Å².